The molecule has 1 aliphatic heterocycles. The maximum absolute atomic E-state index is 13.0. The van der Waals surface area contributed by atoms with Gasteiger partial charge in [-0.1, -0.05) is 0 Å². The number of carbonyl (C=O) groups is 1. The van der Waals surface area contributed by atoms with Gasteiger partial charge in [0.1, 0.15) is 11.4 Å². The summed E-state index contributed by atoms with van der Waals surface area (Å²) >= 11 is 0. The molecule has 2 heterocycles. The molecule has 0 unspecified atom stereocenters. The number of aryl methyl sites for hydroxylation is 1. The summed E-state index contributed by atoms with van der Waals surface area (Å²) in [6.07, 6.45) is 0. The van der Waals surface area contributed by atoms with Gasteiger partial charge in [-0.3, -0.25) is 9.48 Å². The summed E-state index contributed by atoms with van der Waals surface area (Å²) in [5, 5.41) is 15.8. The number of anilines is 1. The summed E-state index contributed by atoms with van der Waals surface area (Å²) in [7, 11) is -3.70. The number of hydrogen-bond donors (Lipinski definition) is 1. The lowest BCUT2D eigenvalue weighted by atomic mass is 10.2. The van der Waals surface area contributed by atoms with E-state index in [0.717, 1.165) is 0 Å². The van der Waals surface area contributed by atoms with Gasteiger partial charge < -0.3 is 10.1 Å². The number of nitriles is 1. The average Bonchev–Trinajstić information content (AvgIpc) is 2.96. The molecule has 3 rings (SSSR count). The Bertz CT molecular complexity index is 1020. The highest BCUT2D eigenvalue weighted by Gasteiger charge is 2.32. The molecule has 1 amide bonds. The maximum Gasteiger partial charge on any atom is 0.246 e. The number of sulfonamides is 1. The Hall–Kier alpha value is -2.74. The number of amides is 1. The zero-order chi connectivity index (χ0) is 20.3. The molecule has 0 saturated carbocycles. The van der Waals surface area contributed by atoms with Gasteiger partial charge in [-0.15, -0.1) is 0 Å². The lowest BCUT2D eigenvalue weighted by molar-refractivity contribution is -0.116. The monoisotopic (exact) mass is 403 g/mol. The molecule has 1 N–H and O–H groups in total. The fourth-order valence-electron chi connectivity index (χ4n) is 3.09. The summed E-state index contributed by atoms with van der Waals surface area (Å²) in [5.74, 6) is -0.342. The van der Waals surface area contributed by atoms with Crippen LogP contribution < -0.4 is 5.32 Å². The number of ether oxygens (including phenoxy) is 1. The molecule has 10 heteroatoms. The van der Waals surface area contributed by atoms with Crippen LogP contribution in [0.4, 0.5) is 5.69 Å². The third kappa shape index (κ3) is 4.06. The topological polar surface area (TPSA) is 117 Å². The zero-order valence-corrected chi connectivity index (χ0v) is 16.5. The first-order valence-electron chi connectivity index (χ1n) is 8.75. The van der Waals surface area contributed by atoms with Crippen LogP contribution in [0.15, 0.2) is 29.2 Å². The van der Waals surface area contributed by atoms with Gasteiger partial charge >= 0.3 is 0 Å². The summed E-state index contributed by atoms with van der Waals surface area (Å²) in [5.41, 5.74) is 1.82. The van der Waals surface area contributed by atoms with Crippen LogP contribution in [-0.2, 0) is 26.1 Å². The second-order valence-corrected chi connectivity index (χ2v) is 8.29. The Balaban J connectivity index is 1.77. The number of morpholine rings is 1. The molecule has 1 aromatic carbocycles. The van der Waals surface area contributed by atoms with Crippen LogP contribution in [0, 0.1) is 25.2 Å². The number of hydrogen-bond acceptors (Lipinski definition) is 6. The van der Waals surface area contributed by atoms with E-state index in [0.29, 0.717) is 48.9 Å². The van der Waals surface area contributed by atoms with E-state index in [2.05, 4.69) is 10.4 Å². The minimum atomic E-state index is -3.70. The van der Waals surface area contributed by atoms with Crippen LogP contribution >= 0.6 is 0 Å². The number of carbonyl (C=O) groups excluding carboxylic acids is 1. The van der Waals surface area contributed by atoms with Crippen molar-refractivity contribution in [2.24, 2.45) is 0 Å². The van der Waals surface area contributed by atoms with Crippen molar-refractivity contribution in [3.05, 3.63) is 41.2 Å². The van der Waals surface area contributed by atoms with Crippen LogP contribution in [0.3, 0.4) is 0 Å². The molecule has 0 bridgehead atoms. The van der Waals surface area contributed by atoms with Gasteiger partial charge in [-0.25, -0.2) is 8.42 Å². The lowest BCUT2D eigenvalue weighted by Gasteiger charge is -2.26. The van der Waals surface area contributed by atoms with Crippen LogP contribution in [0.25, 0.3) is 0 Å². The molecule has 28 heavy (non-hydrogen) atoms. The molecule has 0 radical (unpaired) electrons. The third-order valence-corrected chi connectivity index (χ3v) is 6.63. The van der Waals surface area contributed by atoms with E-state index in [9.17, 15) is 13.2 Å². The number of nitrogens with zero attached hydrogens (tertiary/aromatic N) is 4. The first kappa shape index (κ1) is 20.0. The minimum Gasteiger partial charge on any atom is -0.379 e. The van der Waals surface area contributed by atoms with Gasteiger partial charge in [0, 0.05) is 18.8 Å². The van der Waals surface area contributed by atoms with E-state index < -0.39 is 10.0 Å². The number of benzene rings is 1. The molecular weight excluding hydrogens is 382 g/mol. The Kier molecular flexibility index (Phi) is 5.79. The molecule has 148 valence electrons. The molecule has 1 aliphatic rings. The minimum absolute atomic E-state index is 0.120. The van der Waals surface area contributed by atoms with Crippen LogP contribution in [0.5, 0.6) is 0 Å². The highest BCUT2D eigenvalue weighted by molar-refractivity contribution is 7.89. The van der Waals surface area contributed by atoms with Gasteiger partial charge in [-0.2, -0.15) is 14.7 Å². The fraction of sp³-hybridized carbons (Fsp3) is 0.389. The van der Waals surface area contributed by atoms with Crippen molar-refractivity contribution in [1.82, 2.24) is 14.1 Å². The van der Waals surface area contributed by atoms with Gasteiger partial charge in [0.15, 0.2) is 0 Å². The summed E-state index contributed by atoms with van der Waals surface area (Å²) in [6.45, 7) is 4.46. The molecule has 1 fully saturated rings. The first-order valence-corrected chi connectivity index (χ1v) is 10.2. The van der Waals surface area contributed by atoms with Crippen LogP contribution in [-0.4, -0.2) is 54.7 Å². The Morgan fingerprint density at radius 1 is 1.25 bits per heavy atom. The van der Waals surface area contributed by atoms with Crippen LogP contribution in [0.1, 0.15) is 17.0 Å². The third-order valence-electron chi connectivity index (χ3n) is 4.47. The van der Waals surface area contributed by atoms with Crippen molar-refractivity contribution in [2.45, 2.75) is 25.3 Å². The quantitative estimate of drug-likeness (QED) is 0.797. The van der Waals surface area contributed by atoms with Crippen molar-refractivity contribution < 1.29 is 17.9 Å². The van der Waals surface area contributed by atoms with Crippen molar-refractivity contribution in [2.75, 3.05) is 31.6 Å². The Morgan fingerprint density at radius 3 is 2.50 bits per heavy atom. The highest BCUT2D eigenvalue weighted by atomic mass is 32.2. The van der Waals surface area contributed by atoms with Gasteiger partial charge in [0.2, 0.25) is 15.9 Å². The van der Waals surface area contributed by atoms with Crippen molar-refractivity contribution in [1.29, 1.82) is 5.26 Å². The van der Waals surface area contributed by atoms with Crippen molar-refractivity contribution in [3.8, 4) is 6.07 Å². The lowest BCUT2D eigenvalue weighted by Crippen LogP contribution is -2.41. The van der Waals surface area contributed by atoms with E-state index in [1.54, 1.807) is 38.1 Å². The normalized spacial score (nSPS) is 15.2. The standard InChI is InChI=1S/C18H21N5O4S/c1-13-18(28(25,26)22-7-9-27-10-8-22)14(2)23(21-13)12-17(24)20-16-5-3-15(11-19)4-6-16/h3-6H,7-10,12H2,1-2H3,(H,20,24). The molecule has 0 spiro atoms. The Labute approximate surface area is 163 Å². The first-order chi connectivity index (χ1) is 13.3. The van der Waals surface area contributed by atoms with E-state index in [-0.39, 0.29) is 17.3 Å². The molecule has 0 aliphatic carbocycles. The van der Waals surface area contributed by atoms with Gasteiger partial charge in [-0.05, 0) is 38.1 Å². The van der Waals surface area contributed by atoms with E-state index >= 15 is 0 Å². The maximum atomic E-state index is 13.0. The summed E-state index contributed by atoms with van der Waals surface area (Å²) < 4.78 is 33.9. The Morgan fingerprint density at radius 2 is 1.89 bits per heavy atom. The molecule has 0 atom stereocenters. The predicted molar refractivity (Wildman–Crippen MR) is 101 cm³/mol. The molecule has 9 nitrogen and oxygen atoms in total. The van der Waals surface area contributed by atoms with E-state index in [1.807, 2.05) is 6.07 Å². The molecular formula is C18H21N5O4S. The predicted octanol–water partition coefficient (Wildman–Crippen LogP) is 1.03. The van der Waals surface area contributed by atoms with Crippen LogP contribution in [0.2, 0.25) is 0 Å². The van der Waals surface area contributed by atoms with Crippen molar-refractivity contribution in [3.63, 3.8) is 0 Å². The SMILES string of the molecule is Cc1nn(CC(=O)Nc2ccc(C#N)cc2)c(C)c1S(=O)(=O)N1CCOCC1. The second kappa shape index (κ2) is 8.10. The highest BCUT2D eigenvalue weighted by Crippen LogP contribution is 2.24. The number of rotatable bonds is 5. The molecule has 1 saturated heterocycles. The van der Waals surface area contributed by atoms with Gasteiger partial charge in [0.05, 0.1) is 36.2 Å². The largest absolute Gasteiger partial charge is 0.379 e. The zero-order valence-electron chi connectivity index (χ0n) is 15.7. The number of aromatic nitrogens is 2. The smallest absolute Gasteiger partial charge is 0.246 e. The number of nitrogens with one attached hydrogen (secondary N) is 1. The average molecular weight is 403 g/mol. The fourth-order valence-corrected chi connectivity index (χ4v) is 4.87. The van der Waals surface area contributed by atoms with Gasteiger partial charge in [0.25, 0.3) is 0 Å². The van der Waals surface area contributed by atoms with E-state index in [1.165, 1.54) is 8.99 Å². The van der Waals surface area contributed by atoms with E-state index in [4.69, 9.17) is 10.00 Å². The summed E-state index contributed by atoms with van der Waals surface area (Å²) in [4.78, 5) is 12.5. The molecule has 2 aromatic rings. The summed E-state index contributed by atoms with van der Waals surface area (Å²) in [6, 6.07) is 8.48. The second-order valence-electron chi connectivity index (χ2n) is 6.41. The van der Waals surface area contributed by atoms with Crippen molar-refractivity contribution >= 4 is 21.6 Å². The molecule has 1 aromatic heterocycles.